The Morgan fingerprint density at radius 1 is 1.15 bits per heavy atom. The normalized spacial score (nSPS) is 12.2. The van der Waals surface area contributed by atoms with Crippen LogP contribution in [0, 0.1) is 0 Å². The van der Waals surface area contributed by atoms with Gasteiger partial charge in [-0.25, -0.2) is 0 Å². The minimum absolute atomic E-state index is 0.0121. The molecular formula is C19H19BrClNO4. The number of Topliss-reactive ketones (excluding diaryl/α,β-unsaturated/α-hetero) is 1. The van der Waals surface area contributed by atoms with Crippen LogP contribution in [0.25, 0.3) is 0 Å². The zero-order chi connectivity index (χ0) is 19.1. The highest BCUT2D eigenvalue weighted by atomic mass is 79.9. The number of aliphatic imine (C=N–C) groups is 1. The van der Waals surface area contributed by atoms with Crippen molar-refractivity contribution in [3.8, 4) is 11.5 Å². The van der Waals surface area contributed by atoms with Crippen LogP contribution in [-0.4, -0.2) is 39.9 Å². The molecule has 0 aromatic heterocycles. The summed E-state index contributed by atoms with van der Waals surface area (Å²) in [6, 6.07) is 10.6. The third-order valence-corrected chi connectivity index (χ3v) is 4.69. The number of halogens is 2. The van der Waals surface area contributed by atoms with Crippen molar-refractivity contribution < 1.29 is 19.0 Å². The van der Waals surface area contributed by atoms with Crippen LogP contribution in [0.15, 0.2) is 45.9 Å². The summed E-state index contributed by atoms with van der Waals surface area (Å²) in [6.07, 6.45) is 0.919. The molecule has 26 heavy (non-hydrogen) atoms. The van der Waals surface area contributed by atoms with Gasteiger partial charge in [0.1, 0.15) is 28.6 Å². The summed E-state index contributed by atoms with van der Waals surface area (Å²) in [5.74, 6) is 1.09. The van der Waals surface area contributed by atoms with Gasteiger partial charge >= 0.3 is 0 Å². The number of rotatable bonds is 8. The molecule has 0 radical (unpaired) electrons. The van der Waals surface area contributed by atoms with Crippen molar-refractivity contribution in [1.29, 1.82) is 0 Å². The van der Waals surface area contributed by atoms with E-state index in [0.29, 0.717) is 16.5 Å². The fraction of sp³-hybridized carbons (Fsp3) is 0.263. The maximum Gasteiger partial charge on any atom is 0.187 e. The molecule has 0 aliphatic carbocycles. The largest absolute Gasteiger partial charge is 0.495 e. The smallest absolute Gasteiger partial charge is 0.187 e. The Labute approximate surface area is 166 Å². The molecule has 0 amide bonds. The van der Waals surface area contributed by atoms with Crippen molar-refractivity contribution in [3.63, 3.8) is 0 Å². The molecule has 0 heterocycles. The molecule has 0 spiro atoms. The summed E-state index contributed by atoms with van der Waals surface area (Å²) < 4.78 is 16.6. The molecule has 0 aliphatic heterocycles. The monoisotopic (exact) mass is 439 g/mol. The molecule has 0 saturated heterocycles. The Morgan fingerprint density at radius 3 is 2.23 bits per heavy atom. The Kier molecular flexibility index (Phi) is 7.63. The fourth-order valence-electron chi connectivity index (χ4n) is 2.38. The molecule has 2 aromatic rings. The van der Waals surface area contributed by atoms with Gasteiger partial charge in [-0.2, -0.15) is 0 Å². The van der Waals surface area contributed by atoms with Crippen molar-refractivity contribution in [3.05, 3.63) is 57.0 Å². The molecule has 0 saturated carbocycles. The number of methoxy groups -OCH3 is 3. The van der Waals surface area contributed by atoms with E-state index in [0.717, 1.165) is 15.6 Å². The lowest BCUT2D eigenvalue weighted by Crippen LogP contribution is -2.17. The molecule has 0 fully saturated rings. The summed E-state index contributed by atoms with van der Waals surface area (Å²) in [7, 11) is 4.63. The van der Waals surface area contributed by atoms with Crippen LogP contribution >= 0.6 is 27.5 Å². The summed E-state index contributed by atoms with van der Waals surface area (Å²) in [5, 5.41) is 0.604. The molecule has 1 unspecified atom stereocenters. The lowest BCUT2D eigenvalue weighted by atomic mass is 10.1. The highest BCUT2D eigenvalue weighted by Gasteiger charge is 2.19. The van der Waals surface area contributed by atoms with Crippen LogP contribution in [0.4, 0.5) is 0 Å². The predicted octanol–water partition coefficient (Wildman–Crippen LogP) is 4.50. The second-order valence-corrected chi connectivity index (χ2v) is 6.57. The quantitative estimate of drug-likeness (QED) is 0.567. The molecule has 138 valence electrons. The number of carbonyl (C=O) groups excluding carboxylic acids is 1. The molecule has 2 aromatic carbocycles. The second-order valence-electron chi connectivity index (χ2n) is 5.34. The van der Waals surface area contributed by atoms with E-state index >= 15 is 0 Å². The summed E-state index contributed by atoms with van der Waals surface area (Å²) in [5.41, 5.74) is 1.50. The number of nitrogens with zero attached hydrogens (tertiary/aromatic N) is 1. The number of benzene rings is 2. The summed E-state index contributed by atoms with van der Waals surface area (Å²) in [4.78, 5) is 16.6. The van der Waals surface area contributed by atoms with Crippen molar-refractivity contribution in [1.82, 2.24) is 0 Å². The van der Waals surface area contributed by atoms with Crippen LogP contribution in [0.3, 0.4) is 0 Å². The minimum Gasteiger partial charge on any atom is -0.495 e. The zero-order valence-electron chi connectivity index (χ0n) is 14.7. The van der Waals surface area contributed by atoms with Crippen molar-refractivity contribution in [2.24, 2.45) is 4.99 Å². The Hall–Kier alpha value is -1.89. The highest BCUT2D eigenvalue weighted by molar-refractivity contribution is 9.10. The van der Waals surface area contributed by atoms with Gasteiger partial charge in [-0.3, -0.25) is 9.79 Å². The molecule has 0 bridgehead atoms. The lowest BCUT2D eigenvalue weighted by molar-refractivity contribution is -0.127. The van der Waals surface area contributed by atoms with Crippen LogP contribution in [0.1, 0.15) is 17.2 Å². The van der Waals surface area contributed by atoms with Crippen LogP contribution in [0.5, 0.6) is 11.5 Å². The lowest BCUT2D eigenvalue weighted by Gasteiger charge is -2.13. The van der Waals surface area contributed by atoms with Gasteiger partial charge in [-0.05, 0) is 51.3 Å². The summed E-state index contributed by atoms with van der Waals surface area (Å²) in [6.45, 7) is -0.0121. The third kappa shape index (κ3) is 5.06. The first-order chi connectivity index (χ1) is 12.5. The number of ketones is 1. The van der Waals surface area contributed by atoms with E-state index in [1.54, 1.807) is 56.8 Å². The van der Waals surface area contributed by atoms with Gasteiger partial charge < -0.3 is 14.2 Å². The van der Waals surface area contributed by atoms with Crippen molar-refractivity contribution in [2.45, 2.75) is 6.10 Å². The van der Waals surface area contributed by atoms with E-state index in [4.69, 9.17) is 25.8 Å². The topological polar surface area (TPSA) is 57.1 Å². The molecular weight excluding hydrogens is 422 g/mol. The van der Waals surface area contributed by atoms with Crippen LogP contribution in [-0.2, 0) is 9.53 Å². The average molecular weight is 441 g/mol. The SMILES string of the molecule is COc1cc(C=NCC(=O)C(OC)c2ccc(Cl)cc2)cc(OC)c1Br. The van der Waals surface area contributed by atoms with E-state index in [2.05, 4.69) is 20.9 Å². The second kappa shape index (κ2) is 9.71. The van der Waals surface area contributed by atoms with E-state index in [-0.39, 0.29) is 12.3 Å². The minimum atomic E-state index is -0.682. The Bertz CT molecular complexity index is 768. The van der Waals surface area contributed by atoms with E-state index in [9.17, 15) is 4.79 Å². The standard InChI is InChI=1S/C19H19BrClNO4/c1-24-16-8-12(9-17(25-2)18(16)20)10-22-11-15(23)19(26-3)13-4-6-14(21)7-5-13/h4-10,19H,11H2,1-3H3. The predicted molar refractivity (Wildman–Crippen MR) is 106 cm³/mol. The average Bonchev–Trinajstić information content (AvgIpc) is 2.65. The van der Waals surface area contributed by atoms with Gasteiger partial charge in [-0.15, -0.1) is 0 Å². The first kappa shape index (κ1) is 20.4. The highest BCUT2D eigenvalue weighted by Crippen LogP contribution is 2.35. The first-order valence-electron chi connectivity index (χ1n) is 7.72. The maximum atomic E-state index is 12.4. The van der Waals surface area contributed by atoms with Crippen molar-refractivity contribution >= 4 is 39.5 Å². The van der Waals surface area contributed by atoms with E-state index in [1.807, 2.05) is 0 Å². The van der Waals surface area contributed by atoms with Gasteiger partial charge in [0.05, 0.1) is 14.2 Å². The van der Waals surface area contributed by atoms with Crippen LogP contribution < -0.4 is 9.47 Å². The van der Waals surface area contributed by atoms with Crippen LogP contribution in [0.2, 0.25) is 5.02 Å². The summed E-state index contributed by atoms with van der Waals surface area (Å²) >= 11 is 9.29. The number of carbonyl (C=O) groups is 1. The fourth-order valence-corrected chi connectivity index (χ4v) is 3.06. The molecule has 0 N–H and O–H groups in total. The van der Waals surface area contributed by atoms with Gasteiger partial charge in [0, 0.05) is 18.3 Å². The first-order valence-corrected chi connectivity index (χ1v) is 8.89. The van der Waals surface area contributed by atoms with Crippen molar-refractivity contribution in [2.75, 3.05) is 27.9 Å². The van der Waals surface area contributed by atoms with Gasteiger partial charge in [0.15, 0.2) is 5.78 Å². The molecule has 0 aliphatic rings. The molecule has 7 heteroatoms. The van der Waals surface area contributed by atoms with Gasteiger partial charge in [-0.1, -0.05) is 23.7 Å². The number of hydrogen-bond acceptors (Lipinski definition) is 5. The van der Waals surface area contributed by atoms with E-state index in [1.165, 1.54) is 7.11 Å². The molecule has 1 atom stereocenters. The van der Waals surface area contributed by atoms with E-state index < -0.39 is 6.10 Å². The maximum absolute atomic E-state index is 12.4. The zero-order valence-corrected chi connectivity index (χ0v) is 17.0. The number of ether oxygens (including phenoxy) is 3. The Balaban J connectivity index is 2.11. The molecule has 5 nitrogen and oxygen atoms in total. The Morgan fingerprint density at radius 2 is 1.73 bits per heavy atom. The molecule has 2 rings (SSSR count). The number of hydrogen-bond donors (Lipinski definition) is 0. The third-order valence-electron chi connectivity index (χ3n) is 3.66. The van der Waals surface area contributed by atoms with Gasteiger partial charge in [0.2, 0.25) is 0 Å². The van der Waals surface area contributed by atoms with Gasteiger partial charge in [0.25, 0.3) is 0 Å².